The number of fused-ring (bicyclic) bond motifs is 1. The van der Waals surface area contributed by atoms with Crippen molar-refractivity contribution in [3.05, 3.63) is 95.6 Å². The van der Waals surface area contributed by atoms with Gasteiger partial charge in [-0.25, -0.2) is 4.79 Å². The largest absolute Gasteiger partial charge is 0.491 e. The van der Waals surface area contributed by atoms with Crippen molar-refractivity contribution in [1.29, 1.82) is 0 Å². The normalized spacial score (nSPS) is 15.1. The lowest BCUT2D eigenvalue weighted by molar-refractivity contribution is 0.0526. The Morgan fingerprint density at radius 2 is 1.69 bits per heavy atom. The predicted octanol–water partition coefficient (Wildman–Crippen LogP) is 4.87. The number of hydrogen-bond donors (Lipinski definition) is 0. The maximum absolute atomic E-state index is 11.8. The fourth-order valence-corrected chi connectivity index (χ4v) is 3.76. The molecule has 1 aliphatic rings. The van der Waals surface area contributed by atoms with E-state index >= 15 is 0 Å². The highest BCUT2D eigenvalue weighted by molar-refractivity contribution is 5.89. The van der Waals surface area contributed by atoms with Crippen LogP contribution in [0.25, 0.3) is 0 Å². The number of carbonyl (C=O) groups is 1. The Kier molecular flexibility index (Phi) is 5.80. The maximum Gasteiger partial charge on any atom is 0.338 e. The topological polar surface area (TPSA) is 38.8 Å². The summed E-state index contributed by atoms with van der Waals surface area (Å²) in [7, 11) is 0. The van der Waals surface area contributed by atoms with Gasteiger partial charge in [-0.05, 0) is 54.8 Å². The first-order chi connectivity index (χ1) is 14.2. The van der Waals surface area contributed by atoms with Crippen molar-refractivity contribution in [3.63, 3.8) is 0 Å². The Morgan fingerprint density at radius 3 is 2.45 bits per heavy atom. The smallest absolute Gasteiger partial charge is 0.338 e. The number of para-hydroxylation sites is 1. The molecule has 29 heavy (non-hydrogen) atoms. The Labute approximate surface area is 171 Å². The van der Waals surface area contributed by atoms with Crippen molar-refractivity contribution in [2.24, 2.45) is 0 Å². The van der Waals surface area contributed by atoms with Gasteiger partial charge in [0.15, 0.2) is 0 Å². The number of benzene rings is 3. The second kappa shape index (κ2) is 8.82. The molecule has 0 N–H and O–H groups in total. The minimum Gasteiger partial charge on any atom is -0.491 e. The number of carbonyl (C=O) groups excluding carboxylic acids is 1. The lowest BCUT2D eigenvalue weighted by Gasteiger charge is -2.28. The second-order valence-corrected chi connectivity index (χ2v) is 7.16. The van der Waals surface area contributed by atoms with Gasteiger partial charge < -0.3 is 14.4 Å². The Hall–Kier alpha value is -3.27. The van der Waals surface area contributed by atoms with Gasteiger partial charge in [0, 0.05) is 12.2 Å². The molecule has 3 aromatic carbocycles. The molecule has 0 fully saturated rings. The van der Waals surface area contributed by atoms with Crippen LogP contribution in [0.3, 0.4) is 0 Å². The Balaban J connectivity index is 1.45. The summed E-state index contributed by atoms with van der Waals surface area (Å²) in [6, 6.07) is 26.5. The predicted molar refractivity (Wildman–Crippen MR) is 114 cm³/mol. The number of ether oxygens (including phenoxy) is 2. The van der Waals surface area contributed by atoms with Gasteiger partial charge in [-0.15, -0.1) is 0 Å². The Bertz CT molecular complexity index is 953. The van der Waals surface area contributed by atoms with Crippen LogP contribution in [0.4, 0.5) is 5.69 Å². The van der Waals surface area contributed by atoms with E-state index in [4.69, 9.17) is 9.47 Å². The molecule has 4 rings (SSSR count). The molecule has 0 saturated heterocycles. The third-order valence-corrected chi connectivity index (χ3v) is 5.20. The first-order valence-corrected chi connectivity index (χ1v) is 10.0. The first-order valence-electron chi connectivity index (χ1n) is 10.0. The van der Waals surface area contributed by atoms with E-state index in [1.54, 1.807) is 19.1 Å². The van der Waals surface area contributed by atoms with Crippen molar-refractivity contribution in [3.8, 4) is 5.75 Å². The summed E-state index contributed by atoms with van der Waals surface area (Å²) in [6.07, 6.45) is 0.962. The van der Waals surface area contributed by atoms with E-state index < -0.39 is 0 Å². The van der Waals surface area contributed by atoms with Crippen LogP contribution in [0.2, 0.25) is 0 Å². The number of hydrogen-bond acceptors (Lipinski definition) is 4. The van der Waals surface area contributed by atoms with Gasteiger partial charge >= 0.3 is 5.97 Å². The average molecular weight is 387 g/mol. The van der Waals surface area contributed by atoms with E-state index in [1.165, 1.54) is 16.8 Å². The monoisotopic (exact) mass is 387 g/mol. The van der Waals surface area contributed by atoms with Crippen LogP contribution in [0, 0.1) is 0 Å². The zero-order valence-corrected chi connectivity index (χ0v) is 16.6. The molecule has 0 amide bonds. The SMILES string of the molecule is CCOC(=O)c1ccc(OC[C@@H]2Cc3ccccc3N2Cc2ccccc2)cc1. The van der Waals surface area contributed by atoms with Gasteiger partial charge in [0.05, 0.1) is 18.2 Å². The van der Waals surface area contributed by atoms with Crippen molar-refractivity contribution < 1.29 is 14.3 Å². The summed E-state index contributed by atoms with van der Waals surface area (Å²) in [4.78, 5) is 14.2. The van der Waals surface area contributed by atoms with Gasteiger partial charge in [0.25, 0.3) is 0 Å². The van der Waals surface area contributed by atoms with E-state index in [0.717, 1.165) is 18.7 Å². The van der Waals surface area contributed by atoms with Crippen LogP contribution >= 0.6 is 0 Å². The molecule has 1 aliphatic heterocycles. The fourth-order valence-electron chi connectivity index (χ4n) is 3.76. The lowest BCUT2D eigenvalue weighted by Crippen LogP contribution is -2.36. The van der Waals surface area contributed by atoms with Crippen molar-refractivity contribution in [2.75, 3.05) is 18.1 Å². The van der Waals surface area contributed by atoms with Gasteiger partial charge in [-0.2, -0.15) is 0 Å². The molecule has 3 aromatic rings. The summed E-state index contributed by atoms with van der Waals surface area (Å²) >= 11 is 0. The van der Waals surface area contributed by atoms with Gasteiger partial charge in [-0.3, -0.25) is 0 Å². The zero-order valence-electron chi connectivity index (χ0n) is 16.6. The highest BCUT2D eigenvalue weighted by atomic mass is 16.5. The summed E-state index contributed by atoms with van der Waals surface area (Å²) in [6.45, 7) is 3.61. The highest BCUT2D eigenvalue weighted by Crippen LogP contribution is 2.33. The lowest BCUT2D eigenvalue weighted by atomic mass is 10.1. The van der Waals surface area contributed by atoms with Crippen LogP contribution in [0.1, 0.15) is 28.4 Å². The molecule has 0 unspecified atom stereocenters. The zero-order chi connectivity index (χ0) is 20.1. The molecule has 0 aliphatic carbocycles. The number of nitrogens with zero attached hydrogens (tertiary/aromatic N) is 1. The quantitative estimate of drug-likeness (QED) is 0.542. The van der Waals surface area contributed by atoms with Crippen LogP contribution < -0.4 is 9.64 Å². The molecule has 1 heterocycles. The first kappa shape index (κ1) is 19.1. The van der Waals surface area contributed by atoms with Crippen molar-refractivity contribution >= 4 is 11.7 Å². The maximum atomic E-state index is 11.8. The summed E-state index contributed by atoms with van der Waals surface area (Å²) in [5.41, 5.74) is 4.46. The summed E-state index contributed by atoms with van der Waals surface area (Å²) < 4.78 is 11.1. The van der Waals surface area contributed by atoms with Gasteiger partial charge in [0.1, 0.15) is 12.4 Å². The van der Waals surface area contributed by atoms with E-state index in [-0.39, 0.29) is 12.0 Å². The van der Waals surface area contributed by atoms with E-state index in [9.17, 15) is 4.79 Å². The second-order valence-electron chi connectivity index (χ2n) is 7.16. The molecule has 4 nitrogen and oxygen atoms in total. The van der Waals surface area contributed by atoms with Crippen LogP contribution in [-0.4, -0.2) is 25.2 Å². The molecule has 0 saturated carbocycles. The van der Waals surface area contributed by atoms with Crippen LogP contribution in [0.15, 0.2) is 78.9 Å². The number of esters is 1. The standard InChI is InChI=1S/C25H25NO3/c1-2-28-25(27)20-12-14-23(15-13-20)29-18-22-16-21-10-6-7-11-24(21)26(22)17-19-8-4-3-5-9-19/h3-15,22H,2,16-18H2,1H3/t22-/m0/s1. The molecule has 1 atom stereocenters. The van der Waals surface area contributed by atoms with Crippen molar-refractivity contribution in [2.45, 2.75) is 25.9 Å². The Morgan fingerprint density at radius 1 is 0.966 bits per heavy atom. The van der Waals surface area contributed by atoms with Gasteiger partial charge in [0.2, 0.25) is 0 Å². The molecular formula is C25H25NO3. The van der Waals surface area contributed by atoms with Gasteiger partial charge in [-0.1, -0.05) is 48.5 Å². The third kappa shape index (κ3) is 4.43. The summed E-state index contributed by atoms with van der Waals surface area (Å²) in [5.74, 6) is 0.452. The van der Waals surface area contributed by atoms with Crippen LogP contribution in [-0.2, 0) is 17.7 Å². The van der Waals surface area contributed by atoms with E-state index in [0.29, 0.717) is 18.8 Å². The third-order valence-electron chi connectivity index (χ3n) is 5.20. The van der Waals surface area contributed by atoms with E-state index in [1.807, 2.05) is 18.2 Å². The average Bonchev–Trinajstić information content (AvgIpc) is 3.11. The highest BCUT2D eigenvalue weighted by Gasteiger charge is 2.29. The molecule has 0 aromatic heterocycles. The molecule has 0 spiro atoms. The molecule has 0 bridgehead atoms. The van der Waals surface area contributed by atoms with Crippen LogP contribution in [0.5, 0.6) is 5.75 Å². The molecule has 4 heteroatoms. The minimum atomic E-state index is -0.306. The number of rotatable bonds is 7. The molecule has 0 radical (unpaired) electrons. The summed E-state index contributed by atoms with van der Waals surface area (Å²) in [5, 5.41) is 0. The minimum absolute atomic E-state index is 0.261. The van der Waals surface area contributed by atoms with Crippen molar-refractivity contribution in [1.82, 2.24) is 0 Å². The molecule has 148 valence electrons. The van der Waals surface area contributed by atoms with E-state index in [2.05, 4.69) is 53.4 Å². The fraction of sp³-hybridized carbons (Fsp3) is 0.240. The number of anilines is 1. The molecular weight excluding hydrogens is 362 g/mol.